The second kappa shape index (κ2) is 10.3. The third-order valence-electron chi connectivity index (χ3n) is 3.84. The second-order valence-corrected chi connectivity index (χ2v) is 5.95. The van der Waals surface area contributed by atoms with Gasteiger partial charge < -0.3 is 23.9 Å². The minimum Gasteiger partial charge on any atom is -0.493 e. The van der Waals surface area contributed by atoms with E-state index in [-0.39, 0.29) is 18.2 Å². The molecule has 2 rings (SSSR count). The van der Waals surface area contributed by atoms with Gasteiger partial charge in [0.15, 0.2) is 18.1 Å². The number of unbranched alkanes of at least 4 members (excludes halogenated alkanes) is 1. The van der Waals surface area contributed by atoms with E-state index in [2.05, 4.69) is 12.2 Å². The molecule has 0 aliphatic carbocycles. The molecule has 0 aliphatic rings. The van der Waals surface area contributed by atoms with Crippen molar-refractivity contribution in [1.82, 2.24) is 5.32 Å². The molecule has 0 bridgehead atoms. The molecule has 7 nitrogen and oxygen atoms in total. The molecule has 0 aliphatic heterocycles. The van der Waals surface area contributed by atoms with Crippen molar-refractivity contribution in [1.29, 1.82) is 0 Å². The van der Waals surface area contributed by atoms with Crippen molar-refractivity contribution in [3.05, 3.63) is 47.9 Å². The Morgan fingerprint density at radius 1 is 1.22 bits per heavy atom. The molecule has 0 unspecified atom stereocenters. The molecule has 1 aromatic carbocycles. The molecule has 1 atom stereocenters. The number of furan rings is 1. The molecule has 0 saturated heterocycles. The van der Waals surface area contributed by atoms with Crippen LogP contribution in [0.5, 0.6) is 11.5 Å². The largest absolute Gasteiger partial charge is 0.493 e. The van der Waals surface area contributed by atoms with Crippen LogP contribution in [-0.2, 0) is 9.53 Å². The second-order valence-electron chi connectivity index (χ2n) is 5.95. The highest BCUT2D eigenvalue weighted by molar-refractivity contribution is 5.92. The monoisotopic (exact) mass is 375 g/mol. The van der Waals surface area contributed by atoms with Gasteiger partial charge in [-0.2, -0.15) is 0 Å². The van der Waals surface area contributed by atoms with Crippen LogP contribution in [0.25, 0.3) is 0 Å². The number of esters is 1. The molecule has 27 heavy (non-hydrogen) atoms. The SMILES string of the molecule is CCCCOc1ccc(C(=O)OCC(=O)N[C@H](C)c2ccco2)cc1OC. The lowest BCUT2D eigenvalue weighted by atomic mass is 10.2. The Hall–Kier alpha value is -2.96. The standard InChI is InChI=1S/C20H25NO6/c1-4-5-10-26-17-9-8-15(12-18(17)24-3)20(23)27-13-19(22)21-14(2)16-7-6-11-25-16/h6-9,11-12,14H,4-5,10,13H2,1-3H3,(H,21,22)/t14-/m1/s1. The van der Waals surface area contributed by atoms with Gasteiger partial charge >= 0.3 is 5.97 Å². The summed E-state index contributed by atoms with van der Waals surface area (Å²) < 4.78 is 21.2. The average Bonchev–Trinajstić information content (AvgIpc) is 3.21. The van der Waals surface area contributed by atoms with E-state index in [1.165, 1.54) is 19.4 Å². The first-order chi connectivity index (χ1) is 13.0. The molecular weight excluding hydrogens is 350 g/mol. The number of hydrogen-bond acceptors (Lipinski definition) is 6. The summed E-state index contributed by atoms with van der Waals surface area (Å²) in [6.07, 6.45) is 3.48. The molecule has 1 amide bonds. The van der Waals surface area contributed by atoms with Gasteiger partial charge in [0, 0.05) is 0 Å². The number of ether oxygens (including phenoxy) is 3. The smallest absolute Gasteiger partial charge is 0.338 e. The van der Waals surface area contributed by atoms with Crippen molar-refractivity contribution in [3.8, 4) is 11.5 Å². The molecule has 146 valence electrons. The highest BCUT2D eigenvalue weighted by Crippen LogP contribution is 2.28. The van der Waals surface area contributed by atoms with Crippen LogP contribution < -0.4 is 14.8 Å². The molecule has 1 heterocycles. The van der Waals surface area contributed by atoms with Gasteiger partial charge in [0.25, 0.3) is 5.91 Å². The van der Waals surface area contributed by atoms with Crippen LogP contribution in [0.15, 0.2) is 41.0 Å². The van der Waals surface area contributed by atoms with Crippen LogP contribution >= 0.6 is 0 Å². The fourth-order valence-corrected chi connectivity index (χ4v) is 2.35. The van der Waals surface area contributed by atoms with Gasteiger partial charge in [0.2, 0.25) is 0 Å². The number of amides is 1. The quantitative estimate of drug-likeness (QED) is 0.505. The van der Waals surface area contributed by atoms with Crippen molar-refractivity contribution >= 4 is 11.9 Å². The maximum absolute atomic E-state index is 12.2. The molecule has 7 heteroatoms. The molecule has 1 N–H and O–H groups in total. The van der Waals surface area contributed by atoms with Crippen LogP contribution in [0.4, 0.5) is 0 Å². The highest BCUT2D eigenvalue weighted by atomic mass is 16.5. The minimum atomic E-state index is -0.616. The molecule has 1 aromatic heterocycles. The summed E-state index contributed by atoms with van der Waals surface area (Å²) in [5, 5.41) is 2.69. The Kier molecular flexibility index (Phi) is 7.73. The van der Waals surface area contributed by atoms with Crippen LogP contribution in [-0.4, -0.2) is 32.2 Å². The number of nitrogens with one attached hydrogen (secondary N) is 1. The van der Waals surface area contributed by atoms with E-state index in [0.717, 1.165) is 12.8 Å². The average molecular weight is 375 g/mol. The topological polar surface area (TPSA) is 87.0 Å². The van der Waals surface area contributed by atoms with E-state index in [1.807, 2.05) is 0 Å². The molecule has 0 spiro atoms. The first kappa shape index (κ1) is 20.4. The minimum absolute atomic E-state index is 0.279. The Morgan fingerprint density at radius 2 is 2.04 bits per heavy atom. The van der Waals surface area contributed by atoms with Crippen molar-refractivity contribution in [2.75, 3.05) is 20.3 Å². The van der Waals surface area contributed by atoms with Gasteiger partial charge in [-0.25, -0.2) is 4.79 Å². The summed E-state index contributed by atoms with van der Waals surface area (Å²) in [5.41, 5.74) is 0.279. The van der Waals surface area contributed by atoms with Crippen LogP contribution in [0.1, 0.15) is 48.8 Å². The molecule has 2 aromatic rings. The molecular formula is C20H25NO6. The van der Waals surface area contributed by atoms with Crippen molar-refractivity contribution in [3.63, 3.8) is 0 Å². The van der Waals surface area contributed by atoms with Crippen molar-refractivity contribution in [2.45, 2.75) is 32.7 Å². The number of methoxy groups -OCH3 is 1. The Labute approximate surface area is 158 Å². The zero-order chi connectivity index (χ0) is 19.6. The lowest BCUT2D eigenvalue weighted by molar-refractivity contribution is -0.125. The van der Waals surface area contributed by atoms with Gasteiger partial charge in [-0.15, -0.1) is 0 Å². The van der Waals surface area contributed by atoms with E-state index in [0.29, 0.717) is 23.9 Å². The summed E-state index contributed by atoms with van der Waals surface area (Å²) in [7, 11) is 1.50. The van der Waals surface area contributed by atoms with E-state index in [1.54, 1.807) is 31.2 Å². The lowest BCUT2D eigenvalue weighted by Gasteiger charge is -2.13. The van der Waals surface area contributed by atoms with Gasteiger partial charge in [0.1, 0.15) is 5.76 Å². The summed E-state index contributed by atoms with van der Waals surface area (Å²) in [4.78, 5) is 24.1. The van der Waals surface area contributed by atoms with Crippen molar-refractivity contribution in [2.24, 2.45) is 0 Å². The van der Waals surface area contributed by atoms with Crippen molar-refractivity contribution < 1.29 is 28.2 Å². The third kappa shape index (κ3) is 6.06. The zero-order valence-corrected chi connectivity index (χ0v) is 15.8. The van der Waals surface area contributed by atoms with Crippen LogP contribution in [0, 0.1) is 0 Å². The predicted molar refractivity (Wildman–Crippen MR) is 98.9 cm³/mol. The van der Waals surface area contributed by atoms with Gasteiger partial charge in [-0.3, -0.25) is 4.79 Å². The zero-order valence-electron chi connectivity index (χ0n) is 15.8. The maximum atomic E-state index is 12.2. The molecule has 0 radical (unpaired) electrons. The summed E-state index contributed by atoms with van der Waals surface area (Å²) in [6.45, 7) is 4.04. The Morgan fingerprint density at radius 3 is 2.70 bits per heavy atom. The van der Waals surface area contributed by atoms with Gasteiger partial charge in [-0.05, 0) is 43.7 Å². The Bertz CT molecular complexity index is 741. The number of benzene rings is 1. The van der Waals surface area contributed by atoms with E-state index >= 15 is 0 Å². The lowest BCUT2D eigenvalue weighted by Crippen LogP contribution is -2.31. The maximum Gasteiger partial charge on any atom is 0.338 e. The summed E-state index contributed by atoms with van der Waals surface area (Å²) >= 11 is 0. The van der Waals surface area contributed by atoms with E-state index < -0.39 is 11.9 Å². The van der Waals surface area contributed by atoms with Gasteiger partial charge in [-0.1, -0.05) is 13.3 Å². The predicted octanol–water partition coefficient (Wildman–Crippen LogP) is 3.50. The fourth-order valence-electron chi connectivity index (χ4n) is 2.35. The molecule has 0 fully saturated rings. The normalized spacial score (nSPS) is 11.5. The first-order valence-electron chi connectivity index (χ1n) is 8.85. The summed E-state index contributed by atoms with van der Waals surface area (Å²) in [6, 6.07) is 7.95. The highest BCUT2D eigenvalue weighted by Gasteiger charge is 2.16. The van der Waals surface area contributed by atoms with E-state index in [9.17, 15) is 9.59 Å². The van der Waals surface area contributed by atoms with Crippen LogP contribution in [0.2, 0.25) is 0 Å². The summed E-state index contributed by atoms with van der Waals surface area (Å²) in [5.74, 6) is 0.593. The fraction of sp³-hybridized carbons (Fsp3) is 0.400. The number of carbonyl (C=O) groups is 2. The third-order valence-corrected chi connectivity index (χ3v) is 3.84. The number of hydrogen-bond donors (Lipinski definition) is 1. The Balaban J connectivity index is 1.88. The van der Waals surface area contributed by atoms with E-state index in [4.69, 9.17) is 18.6 Å². The number of rotatable bonds is 10. The van der Waals surface area contributed by atoms with Crippen LogP contribution in [0.3, 0.4) is 0 Å². The first-order valence-corrected chi connectivity index (χ1v) is 8.85. The number of carbonyl (C=O) groups excluding carboxylic acids is 2. The van der Waals surface area contributed by atoms with Gasteiger partial charge in [0.05, 0.1) is 31.6 Å². The molecule has 0 saturated carbocycles.